The molecule has 0 radical (unpaired) electrons. The lowest BCUT2D eigenvalue weighted by atomic mass is 10.1. The van der Waals surface area contributed by atoms with Gasteiger partial charge in [-0.3, -0.25) is 4.84 Å². The number of carbonyl (C=O) groups is 1. The van der Waals surface area contributed by atoms with Gasteiger partial charge in [-0.1, -0.05) is 29.4 Å². The van der Waals surface area contributed by atoms with Crippen molar-refractivity contribution in [3.63, 3.8) is 0 Å². The van der Waals surface area contributed by atoms with Crippen LogP contribution in [-0.2, 0) is 17.6 Å². The molecule has 0 spiro atoms. The molecule has 1 aromatic heterocycles. The largest absolute Gasteiger partial charge is 0.471 e. The van der Waals surface area contributed by atoms with Gasteiger partial charge in [-0.2, -0.15) is 36.4 Å². The fraction of sp³-hybridized carbons (Fsp3) is 0.400. The van der Waals surface area contributed by atoms with Crippen molar-refractivity contribution in [3.05, 3.63) is 35.7 Å². The minimum Gasteiger partial charge on any atom is -0.329 e. The predicted octanol–water partition coefficient (Wildman–Crippen LogP) is 3.73. The lowest BCUT2D eigenvalue weighted by Gasteiger charge is -2.26. The van der Waals surface area contributed by atoms with Gasteiger partial charge in [0.25, 0.3) is 0 Å². The normalized spacial score (nSPS) is 12.1. The number of halogens is 6. The van der Waals surface area contributed by atoms with E-state index >= 15 is 0 Å². The highest BCUT2D eigenvalue weighted by Gasteiger charge is 2.38. The van der Waals surface area contributed by atoms with Crippen molar-refractivity contribution in [2.45, 2.75) is 18.9 Å². The van der Waals surface area contributed by atoms with Gasteiger partial charge < -0.3 is 9.42 Å². The summed E-state index contributed by atoms with van der Waals surface area (Å²) in [6.45, 7) is -1.65. The molecule has 0 fully saturated rings. The average molecular weight is 412 g/mol. The smallest absolute Gasteiger partial charge is 0.329 e. The van der Waals surface area contributed by atoms with E-state index in [1.165, 1.54) is 24.3 Å². The number of amides is 2. The Bertz CT molecular complexity index is 803. The lowest BCUT2D eigenvalue weighted by Crippen LogP contribution is -2.44. The Labute approximate surface area is 154 Å². The summed E-state index contributed by atoms with van der Waals surface area (Å²) >= 11 is 0. The number of benzene rings is 1. The Morgan fingerprint density at radius 1 is 1.14 bits per heavy atom. The number of hydrogen-bond acceptors (Lipinski definition) is 5. The summed E-state index contributed by atoms with van der Waals surface area (Å²) in [6.07, 6.45) is -9.34. The lowest BCUT2D eigenvalue weighted by molar-refractivity contribution is -0.159. The summed E-state index contributed by atoms with van der Waals surface area (Å²) in [5.74, 6) is -1.78. The maximum absolute atomic E-state index is 12.5. The first-order valence-electron chi connectivity index (χ1n) is 7.54. The van der Waals surface area contributed by atoms with Gasteiger partial charge in [-0.15, -0.1) is 0 Å². The van der Waals surface area contributed by atoms with Gasteiger partial charge in [0.15, 0.2) is 0 Å². The maximum atomic E-state index is 12.5. The highest BCUT2D eigenvalue weighted by atomic mass is 19.4. The van der Waals surface area contributed by atoms with Crippen LogP contribution in [0.25, 0.3) is 11.4 Å². The molecule has 2 amide bonds. The summed E-state index contributed by atoms with van der Waals surface area (Å²) in [4.78, 5) is 20.5. The van der Waals surface area contributed by atoms with E-state index in [1.807, 2.05) is 0 Å². The van der Waals surface area contributed by atoms with E-state index in [0.29, 0.717) is 15.5 Å². The summed E-state index contributed by atoms with van der Waals surface area (Å²) < 4.78 is 78.8. The minimum atomic E-state index is -4.77. The predicted molar refractivity (Wildman–Crippen MR) is 81.4 cm³/mol. The second kappa shape index (κ2) is 8.04. The first-order chi connectivity index (χ1) is 12.9. The molecule has 28 heavy (non-hydrogen) atoms. The van der Waals surface area contributed by atoms with Crippen molar-refractivity contribution in [1.29, 1.82) is 0 Å². The second-order valence-corrected chi connectivity index (χ2v) is 5.59. The summed E-state index contributed by atoms with van der Waals surface area (Å²) in [7, 11) is 2.09. The molecule has 0 N–H and O–H groups in total. The zero-order valence-electron chi connectivity index (χ0n) is 14.5. The number of hydrogen-bond donors (Lipinski definition) is 0. The van der Waals surface area contributed by atoms with Gasteiger partial charge in [0, 0.05) is 12.6 Å². The van der Waals surface area contributed by atoms with Crippen LogP contribution in [0.15, 0.2) is 28.8 Å². The number of aromatic nitrogens is 2. The molecule has 1 heterocycles. The molecule has 0 aliphatic rings. The van der Waals surface area contributed by atoms with E-state index in [9.17, 15) is 31.1 Å². The first kappa shape index (κ1) is 21.5. The first-order valence-corrected chi connectivity index (χ1v) is 7.54. The maximum Gasteiger partial charge on any atom is 0.471 e. The summed E-state index contributed by atoms with van der Waals surface area (Å²) in [6, 6.07) is 4.59. The van der Waals surface area contributed by atoms with E-state index in [0.717, 1.165) is 14.2 Å². The van der Waals surface area contributed by atoms with Crippen molar-refractivity contribution < 1.29 is 40.5 Å². The Balaban J connectivity index is 2.08. The van der Waals surface area contributed by atoms with Gasteiger partial charge in [-0.05, 0) is 5.56 Å². The third-order valence-corrected chi connectivity index (χ3v) is 3.38. The number of alkyl halides is 6. The van der Waals surface area contributed by atoms with Gasteiger partial charge in [-0.25, -0.2) is 4.79 Å². The van der Waals surface area contributed by atoms with Crippen LogP contribution in [0.1, 0.15) is 11.5 Å². The fourth-order valence-corrected chi connectivity index (χ4v) is 2.12. The number of carbonyl (C=O) groups excluding carboxylic acids is 1. The van der Waals surface area contributed by atoms with E-state index in [2.05, 4.69) is 14.7 Å². The molecule has 0 aliphatic carbocycles. The monoisotopic (exact) mass is 412 g/mol. The van der Waals surface area contributed by atoms with Crippen LogP contribution >= 0.6 is 0 Å². The summed E-state index contributed by atoms with van der Waals surface area (Å²) in [5, 5.41) is 3.94. The van der Waals surface area contributed by atoms with Crippen molar-refractivity contribution >= 4 is 6.03 Å². The van der Waals surface area contributed by atoms with Crippen molar-refractivity contribution in [2.24, 2.45) is 0 Å². The fourth-order valence-electron chi connectivity index (χ4n) is 2.12. The molecule has 1 aromatic carbocycles. The third-order valence-electron chi connectivity index (χ3n) is 3.38. The topological polar surface area (TPSA) is 71.7 Å². The number of urea groups is 1. The van der Waals surface area contributed by atoms with E-state index < -0.39 is 30.8 Å². The van der Waals surface area contributed by atoms with Crippen LogP contribution < -0.4 is 0 Å². The summed E-state index contributed by atoms with van der Waals surface area (Å²) in [5.41, 5.74) is 0.659. The standard InChI is InChI=1S/C15H14F6N4O3/c1-24(8-14(16,17)18)13(26)25(27-2)7-9-3-5-10(6-4-9)11-22-12(28-23-11)15(19,20)21/h3-6H,7-8H2,1-2H3. The molecule has 0 unspecified atom stereocenters. The molecule has 0 bridgehead atoms. The Kier molecular flexibility index (Phi) is 6.17. The molecule has 2 rings (SSSR count). The van der Waals surface area contributed by atoms with E-state index in [4.69, 9.17) is 4.84 Å². The van der Waals surface area contributed by atoms with Crippen LogP contribution in [0.3, 0.4) is 0 Å². The van der Waals surface area contributed by atoms with E-state index in [1.54, 1.807) is 0 Å². The minimum absolute atomic E-state index is 0.197. The quantitative estimate of drug-likeness (QED) is 0.553. The number of nitrogens with zero attached hydrogens (tertiary/aromatic N) is 4. The van der Waals surface area contributed by atoms with E-state index in [-0.39, 0.29) is 17.9 Å². The van der Waals surface area contributed by atoms with Gasteiger partial charge in [0.2, 0.25) is 5.82 Å². The second-order valence-electron chi connectivity index (χ2n) is 5.59. The molecule has 2 aromatic rings. The zero-order chi connectivity index (χ0) is 21.1. The highest BCUT2D eigenvalue weighted by Crippen LogP contribution is 2.29. The molecule has 7 nitrogen and oxygen atoms in total. The number of hydroxylamine groups is 2. The van der Waals surface area contributed by atoms with Crippen molar-refractivity contribution in [3.8, 4) is 11.4 Å². The van der Waals surface area contributed by atoms with Crippen LogP contribution in [-0.4, -0.2) is 53.0 Å². The molecule has 13 heteroatoms. The Morgan fingerprint density at radius 2 is 1.75 bits per heavy atom. The molecule has 0 saturated carbocycles. The van der Waals surface area contributed by atoms with Crippen LogP contribution in [0.2, 0.25) is 0 Å². The molecular weight excluding hydrogens is 398 g/mol. The Hall–Kier alpha value is -2.83. The van der Waals surface area contributed by atoms with Gasteiger partial charge >= 0.3 is 24.3 Å². The SMILES string of the molecule is CON(Cc1ccc(-c2noc(C(F)(F)F)n2)cc1)C(=O)N(C)CC(F)(F)F. The van der Waals surface area contributed by atoms with Gasteiger partial charge in [0.05, 0.1) is 13.7 Å². The molecular formula is C15H14F6N4O3. The number of rotatable bonds is 5. The molecule has 0 saturated heterocycles. The van der Waals surface area contributed by atoms with Crippen LogP contribution in [0, 0.1) is 0 Å². The van der Waals surface area contributed by atoms with Crippen LogP contribution in [0.4, 0.5) is 31.1 Å². The van der Waals surface area contributed by atoms with Crippen molar-refractivity contribution in [1.82, 2.24) is 20.1 Å². The Morgan fingerprint density at radius 3 is 2.21 bits per heavy atom. The highest BCUT2D eigenvalue weighted by molar-refractivity contribution is 5.73. The molecule has 154 valence electrons. The zero-order valence-corrected chi connectivity index (χ0v) is 14.5. The molecule has 0 atom stereocenters. The third kappa shape index (κ3) is 5.58. The average Bonchev–Trinajstić information content (AvgIpc) is 3.08. The molecule has 0 aliphatic heterocycles. The van der Waals surface area contributed by atoms with Crippen molar-refractivity contribution in [2.75, 3.05) is 20.7 Å². The van der Waals surface area contributed by atoms with Gasteiger partial charge in [0.1, 0.15) is 6.54 Å². The van der Waals surface area contributed by atoms with Crippen LogP contribution in [0.5, 0.6) is 0 Å².